The lowest BCUT2D eigenvalue weighted by Crippen LogP contribution is -2.67. The summed E-state index contributed by atoms with van der Waals surface area (Å²) in [6, 6.07) is 4.85. The molecule has 0 saturated carbocycles. The van der Waals surface area contributed by atoms with Gasteiger partial charge < -0.3 is 5.11 Å². The molecular weight excluding hydrogens is 350 g/mol. The maximum absolute atomic E-state index is 12.9. The second-order valence-corrected chi connectivity index (χ2v) is 7.10. The average Bonchev–Trinajstić information content (AvgIpc) is 2.95. The zero-order valence-corrected chi connectivity index (χ0v) is 14.2. The molecule has 2 saturated heterocycles. The number of imide groups is 2. The van der Waals surface area contributed by atoms with Crippen LogP contribution in [0.5, 0.6) is 0 Å². The normalized spacial score (nSPS) is 25.8. The van der Waals surface area contributed by atoms with Gasteiger partial charge >= 0.3 is 6.03 Å². The number of thioether (sulfide) groups is 1. The van der Waals surface area contributed by atoms with Crippen molar-refractivity contribution in [1.82, 2.24) is 9.80 Å². The highest BCUT2D eigenvalue weighted by Crippen LogP contribution is 2.56. The number of benzene rings is 1. The number of carbonyl (C=O) groups is 3. The van der Waals surface area contributed by atoms with Crippen LogP contribution in [0, 0.1) is 15.5 Å². The van der Waals surface area contributed by atoms with Crippen molar-refractivity contribution in [2.75, 3.05) is 19.8 Å². The number of hydrogen-bond donors (Lipinski definition) is 1. The second kappa shape index (κ2) is 5.81. The molecule has 0 radical (unpaired) electrons. The van der Waals surface area contributed by atoms with Gasteiger partial charge in [-0.1, -0.05) is 12.1 Å². The lowest BCUT2D eigenvalue weighted by molar-refractivity contribution is -0.384. The van der Waals surface area contributed by atoms with Crippen LogP contribution in [0.2, 0.25) is 0 Å². The van der Waals surface area contributed by atoms with Gasteiger partial charge in [0.25, 0.3) is 5.69 Å². The fraction of sp³-hybridized carbons (Fsp3) is 0.400. The quantitative estimate of drug-likeness (QED) is 0.467. The Hall–Kier alpha value is -2.46. The van der Waals surface area contributed by atoms with Crippen LogP contribution in [0.1, 0.15) is 10.8 Å². The molecule has 2 atom stereocenters. The number of urea groups is 1. The number of nitro groups is 1. The van der Waals surface area contributed by atoms with Crippen molar-refractivity contribution in [2.45, 2.75) is 11.4 Å². The third-order valence-electron chi connectivity index (χ3n) is 4.63. The van der Waals surface area contributed by atoms with Crippen molar-refractivity contribution >= 4 is 35.3 Å². The number of aliphatic hydroxyl groups is 1. The van der Waals surface area contributed by atoms with E-state index in [1.807, 2.05) is 0 Å². The minimum atomic E-state index is -1.88. The molecule has 3 rings (SSSR count). The van der Waals surface area contributed by atoms with Crippen molar-refractivity contribution in [3.05, 3.63) is 39.9 Å². The molecule has 9 nitrogen and oxygen atoms in total. The monoisotopic (exact) mass is 365 g/mol. The Kier molecular flexibility index (Phi) is 4.04. The summed E-state index contributed by atoms with van der Waals surface area (Å²) in [5.74, 6) is -1.50. The van der Waals surface area contributed by atoms with E-state index >= 15 is 0 Å². The number of rotatable bonds is 2. The Morgan fingerprint density at radius 1 is 1.24 bits per heavy atom. The van der Waals surface area contributed by atoms with E-state index in [1.165, 1.54) is 32.3 Å². The van der Waals surface area contributed by atoms with Gasteiger partial charge in [-0.3, -0.25) is 29.5 Å². The van der Waals surface area contributed by atoms with E-state index in [2.05, 4.69) is 0 Å². The van der Waals surface area contributed by atoms with Crippen LogP contribution < -0.4 is 0 Å². The summed E-state index contributed by atoms with van der Waals surface area (Å²) in [6.45, 7) is 0. The summed E-state index contributed by atoms with van der Waals surface area (Å²) < 4.78 is 0. The van der Waals surface area contributed by atoms with Gasteiger partial charge in [0.2, 0.25) is 11.8 Å². The summed E-state index contributed by atoms with van der Waals surface area (Å²) in [7, 11) is 2.49. The second-order valence-electron chi connectivity index (χ2n) is 5.96. The first-order chi connectivity index (χ1) is 11.7. The van der Waals surface area contributed by atoms with Gasteiger partial charge in [-0.05, 0) is 5.56 Å². The Morgan fingerprint density at radius 2 is 1.84 bits per heavy atom. The summed E-state index contributed by atoms with van der Waals surface area (Å²) in [6.07, 6.45) is -1.31. The first-order valence-corrected chi connectivity index (χ1v) is 8.42. The standard InChI is InChI=1S/C15H15N3O6S/c1-16-12(20)15(13(21)17(2)14(16)22)10(19)7-25-11(15)8-4-3-5-9(6-8)18(23)24/h3-6,10-11,19H,7H2,1-2H3. The molecular formula is C15H15N3O6S. The smallest absolute Gasteiger partial charge is 0.332 e. The maximum atomic E-state index is 12.9. The predicted octanol–water partition coefficient (Wildman–Crippen LogP) is 0.780. The molecule has 0 bridgehead atoms. The van der Waals surface area contributed by atoms with E-state index in [9.17, 15) is 29.6 Å². The molecule has 1 spiro atoms. The minimum absolute atomic E-state index is 0.0979. The molecule has 132 valence electrons. The van der Waals surface area contributed by atoms with Gasteiger partial charge in [0, 0.05) is 32.0 Å². The van der Waals surface area contributed by atoms with Crippen LogP contribution in [0.25, 0.3) is 0 Å². The molecule has 2 unspecified atom stereocenters. The van der Waals surface area contributed by atoms with E-state index in [-0.39, 0.29) is 11.4 Å². The average molecular weight is 365 g/mol. The van der Waals surface area contributed by atoms with Gasteiger partial charge in [-0.2, -0.15) is 0 Å². The molecule has 4 amide bonds. The van der Waals surface area contributed by atoms with Crippen LogP contribution in [-0.4, -0.2) is 63.6 Å². The molecule has 1 aromatic carbocycles. The van der Waals surface area contributed by atoms with Crippen molar-refractivity contribution in [2.24, 2.45) is 5.41 Å². The van der Waals surface area contributed by atoms with Crippen LogP contribution in [-0.2, 0) is 9.59 Å². The highest BCUT2D eigenvalue weighted by molar-refractivity contribution is 8.00. The third-order valence-corrected chi connectivity index (χ3v) is 6.12. The number of amides is 4. The van der Waals surface area contributed by atoms with E-state index in [4.69, 9.17) is 0 Å². The lowest BCUT2D eigenvalue weighted by atomic mass is 9.73. The van der Waals surface area contributed by atoms with Crippen molar-refractivity contribution in [1.29, 1.82) is 0 Å². The van der Waals surface area contributed by atoms with Crippen LogP contribution in [0.15, 0.2) is 24.3 Å². The Labute approximate surface area is 146 Å². The minimum Gasteiger partial charge on any atom is -0.391 e. The van der Waals surface area contributed by atoms with Gasteiger partial charge in [0.15, 0.2) is 5.41 Å². The van der Waals surface area contributed by atoms with Crippen molar-refractivity contribution < 1.29 is 24.4 Å². The lowest BCUT2D eigenvalue weighted by Gasteiger charge is -2.43. The Morgan fingerprint density at radius 3 is 2.40 bits per heavy atom. The zero-order valence-electron chi connectivity index (χ0n) is 13.4. The van der Waals surface area contributed by atoms with Gasteiger partial charge in [-0.15, -0.1) is 11.8 Å². The molecule has 2 heterocycles. The topological polar surface area (TPSA) is 121 Å². The maximum Gasteiger partial charge on any atom is 0.332 e. The molecule has 2 aliphatic heterocycles. The fourth-order valence-corrected chi connectivity index (χ4v) is 4.94. The zero-order chi connectivity index (χ0) is 18.5. The number of non-ortho nitro benzene ring substituents is 1. The van der Waals surface area contributed by atoms with Gasteiger partial charge in [-0.25, -0.2) is 4.79 Å². The van der Waals surface area contributed by atoms with Gasteiger partial charge in [0.1, 0.15) is 0 Å². The number of hydrogen-bond acceptors (Lipinski definition) is 7. The van der Waals surface area contributed by atoms with Crippen molar-refractivity contribution in [3.63, 3.8) is 0 Å². The Bertz CT molecular complexity index is 773. The number of nitrogens with zero attached hydrogens (tertiary/aromatic N) is 3. The van der Waals surface area contributed by atoms with E-state index in [1.54, 1.807) is 6.07 Å². The molecule has 1 N–H and O–H groups in total. The van der Waals surface area contributed by atoms with E-state index < -0.39 is 39.5 Å². The Balaban J connectivity index is 2.16. The number of aliphatic hydroxyl groups excluding tert-OH is 1. The van der Waals surface area contributed by atoms with Crippen LogP contribution in [0.3, 0.4) is 0 Å². The molecule has 2 aliphatic rings. The third kappa shape index (κ3) is 2.24. The SMILES string of the molecule is CN1C(=O)N(C)C(=O)C2(C1=O)C(O)CSC2c1cccc([N+](=O)[O-])c1. The highest BCUT2D eigenvalue weighted by Gasteiger charge is 2.67. The summed E-state index contributed by atoms with van der Waals surface area (Å²) >= 11 is 1.16. The van der Waals surface area contributed by atoms with Gasteiger partial charge in [0.05, 0.1) is 16.3 Å². The number of barbiturate groups is 1. The van der Waals surface area contributed by atoms with Crippen LogP contribution >= 0.6 is 11.8 Å². The van der Waals surface area contributed by atoms with E-state index in [0.29, 0.717) is 5.56 Å². The first-order valence-electron chi connectivity index (χ1n) is 7.37. The molecule has 10 heteroatoms. The largest absolute Gasteiger partial charge is 0.391 e. The fourth-order valence-electron chi connectivity index (χ4n) is 3.34. The highest BCUT2D eigenvalue weighted by atomic mass is 32.2. The molecule has 25 heavy (non-hydrogen) atoms. The summed E-state index contributed by atoms with van der Waals surface area (Å²) in [5.41, 5.74) is -1.67. The number of carbonyl (C=O) groups excluding carboxylic acids is 3. The number of nitro benzene ring substituents is 1. The molecule has 0 aliphatic carbocycles. The molecule has 0 aromatic heterocycles. The summed E-state index contributed by atoms with van der Waals surface area (Å²) in [5, 5.41) is 20.7. The van der Waals surface area contributed by atoms with Crippen molar-refractivity contribution in [3.8, 4) is 0 Å². The molecule has 2 fully saturated rings. The van der Waals surface area contributed by atoms with Crippen LogP contribution in [0.4, 0.5) is 10.5 Å². The summed E-state index contributed by atoms with van der Waals surface area (Å²) in [4.78, 5) is 49.8. The van der Waals surface area contributed by atoms with E-state index in [0.717, 1.165) is 21.6 Å². The molecule has 1 aromatic rings. The predicted molar refractivity (Wildman–Crippen MR) is 87.7 cm³/mol. The first kappa shape index (κ1) is 17.4.